The van der Waals surface area contributed by atoms with Gasteiger partial charge in [-0.05, 0) is 46.0 Å². The molecule has 106 valence electrons. The lowest BCUT2D eigenvalue weighted by Crippen LogP contribution is -2.47. The van der Waals surface area contributed by atoms with E-state index in [1.54, 1.807) is 0 Å². The molecule has 3 nitrogen and oxygen atoms in total. The maximum Gasteiger partial charge on any atom is 0.312 e. The zero-order chi connectivity index (χ0) is 13.8. The molecular formula is C15H28O3. The Morgan fingerprint density at radius 2 is 1.83 bits per heavy atom. The van der Waals surface area contributed by atoms with Gasteiger partial charge in [-0.15, -0.1) is 0 Å². The molecule has 0 radical (unpaired) electrons. The maximum atomic E-state index is 12.3. The lowest BCUT2D eigenvalue weighted by atomic mass is 9.86. The molecule has 0 aromatic carbocycles. The third-order valence-corrected chi connectivity index (χ3v) is 4.45. The topological polar surface area (TPSA) is 35.5 Å². The number of hydrogen-bond acceptors (Lipinski definition) is 3. The average molecular weight is 256 g/mol. The molecule has 3 heteroatoms. The molecule has 0 aromatic rings. The molecule has 0 spiro atoms. The van der Waals surface area contributed by atoms with E-state index in [4.69, 9.17) is 9.47 Å². The fourth-order valence-corrected chi connectivity index (χ4v) is 2.38. The van der Waals surface area contributed by atoms with Gasteiger partial charge in [-0.3, -0.25) is 4.79 Å². The van der Waals surface area contributed by atoms with E-state index in [0.29, 0.717) is 0 Å². The quantitative estimate of drug-likeness (QED) is 0.680. The van der Waals surface area contributed by atoms with E-state index in [2.05, 4.69) is 13.8 Å². The van der Waals surface area contributed by atoms with Crippen LogP contribution in [0.25, 0.3) is 0 Å². The summed E-state index contributed by atoms with van der Waals surface area (Å²) in [6.07, 6.45) is 4.58. The zero-order valence-electron chi connectivity index (χ0n) is 12.5. The molecule has 1 heterocycles. The molecular weight excluding hydrogens is 228 g/mol. The van der Waals surface area contributed by atoms with Crippen LogP contribution in [-0.2, 0) is 14.3 Å². The van der Waals surface area contributed by atoms with Crippen molar-refractivity contribution < 1.29 is 14.3 Å². The van der Waals surface area contributed by atoms with Gasteiger partial charge in [0.05, 0.1) is 11.5 Å². The fourth-order valence-electron chi connectivity index (χ4n) is 2.38. The molecule has 1 unspecified atom stereocenters. The van der Waals surface area contributed by atoms with Gasteiger partial charge in [0.15, 0.2) is 0 Å². The van der Waals surface area contributed by atoms with Crippen LogP contribution in [0, 0.1) is 5.41 Å². The fraction of sp³-hybridized carbons (Fsp3) is 0.933. The Morgan fingerprint density at radius 1 is 1.22 bits per heavy atom. The molecule has 1 aliphatic heterocycles. The molecule has 18 heavy (non-hydrogen) atoms. The summed E-state index contributed by atoms with van der Waals surface area (Å²) >= 11 is 0. The Hall–Kier alpha value is -0.570. The summed E-state index contributed by atoms with van der Waals surface area (Å²) in [5, 5.41) is 0. The Kier molecular flexibility index (Phi) is 5.20. The molecule has 0 amide bonds. The minimum Gasteiger partial charge on any atom is -0.456 e. The Bertz CT molecular complexity index is 273. The van der Waals surface area contributed by atoms with Crippen molar-refractivity contribution >= 4 is 5.97 Å². The first kappa shape index (κ1) is 15.5. The summed E-state index contributed by atoms with van der Waals surface area (Å²) in [5.41, 5.74) is -0.839. The summed E-state index contributed by atoms with van der Waals surface area (Å²) in [6, 6.07) is 0. The van der Waals surface area contributed by atoms with Crippen LogP contribution >= 0.6 is 0 Å². The first-order chi connectivity index (χ1) is 8.41. The number of carbonyl (C=O) groups excluding carboxylic acids is 1. The van der Waals surface area contributed by atoms with Crippen LogP contribution in [-0.4, -0.2) is 24.3 Å². The summed E-state index contributed by atoms with van der Waals surface area (Å²) < 4.78 is 11.7. The normalized spacial score (nSPS) is 21.1. The van der Waals surface area contributed by atoms with Crippen molar-refractivity contribution in [2.24, 2.45) is 5.41 Å². The lowest BCUT2D eigenvalue weighted by molar-refractivity contribution is -0.186. The van der Waals surface area contributed by atoms with E-state index in [9.17, 15) is 4.79 Å². The number of carbonyl (C=O) groups is 1. The van der Waals surface area contributed by atoms with Crippen LogP contribution in [0.15, 0.2) is 0 Å². The maximum absolute atomic E-state index is 12.3. The molecule has 0 aromatic heterocycles. The van der Waals surface area contributed by atoms with Crippen molar-refractivity contribution in [2.75, 3.05) is 6.61 Å². The molecule has 0 N–H and O–H groups in total. The summed E-state index contributed by atoms with van der Waals surface area (Å²) in [4.78, 5) is 12.3. The zero-order valence-corrected chi connectivity index (χ0v) is 12.5. The lowest BCUT2D eigenvalue weighted by Gasteiger charge is -2.38. The van der Waals surface area contributed by atoms with Gasteiger partial charge in [0, 0.05) is 6.61 Å². The van der Waals surface area contributed by atoms with Crippen molar-refractivity contribution in [1.29, 1.82) is 0 Å². The Balaban J connectivity index is 2.82. The Labute approximate surface area is 111 Å². The van der Waals surface area contributed by atoms with E-state index in [1.165, 1.54) is 0 Å². The van der Waals surface area contributed by atoms with Crippen molar-refractivity contribution in [2.45, 2.75) is 78.4 Å². The molecule has 1 rings (SSSR count). The Morgan fingerprint density at radius 3 is 2.22 bits per heavy atom. The van der Waals surface area contributed by atoms with E-state index >= 15 is 0 Å². The van der Waals surface area contributed by atoms with Gasteiger partial charge in [-0.25, -0.2) is 0 Å². The molecule has 0 aliphatic carbocycles. The van der Waals surface area contributed by atoms with Gasteiger partial charge in [0.2, 0.25) is 0 Å². The number of hydrogen-bond donors (Lipinski definition) is 0. The van der Waals surface area contributed by atoms with Gasteiger partial charge in [0.25, 0.3) is 0 Å². The highest BCUT2D eigenvalue weighted by Crippen LogP contribution is 2.36. The third kappa shape index (κ3) is 3.05. The van der Waals surface area contributed by atoms with E-state index in [-0.39, 0.29) is 12.1 Å². The highest BCUT2D eigenvalue weighted by atomic mass is 16.6. The molecule has 0 bridgehead atoms. The second-order valence-electron chi connectivity index (χ2n) is 5.90. The SMILES string of the molecule is CCC(C)(C)C(=O)OC(CC)(CC)C1CCCO1. The standard InChI is InChI=1S/C15H28O3/c1-6-14(4,5)13(16)18-15(7-2,8-3)12-10-9-11-17-12/h12H,6-11H2,1-5H3. The second-order valence-corrected chi connectivity index (χ2v) is 5.90. The number of esters is 1. The number of ether oxygens (including phenoxy) is 2. The minimum absolute atomic E-state index is 0.0732. The van der Waals surface area contributed by atoms with Crippen LogP contribution in [0.3, 0.4) is 0 Å². The molecule has 1 atom stereocenters. The average Bonchev–Trinajstić information content (AvgIpc) is 2.90. The monoisotopic (exact) mass is 256 g/mol. The van der Waals surface area contributed by atoms with Crippen molar-refractivity contribution in [3.63, 3.8) is 0 Å². The largest absolute Gasteiger partial charge is 0.456 e. The van der Waals surface area contributed by atoms with Crippen molar-refractivity contribution in [3.05, 3.63) is 0 Å². The van der Waals surface area contributed by atoms with Crippen LogP contribution in [0.2, 0.25) is 0 Å². The molecule has 1 saturated heterocycles. The van der Waals surface area contributed by atoms with Gasteiger partial charge in [-0.1, -0.05) is 20.8 Å². The molecule has 1 fully saturated rings. The van der Waals surface area contributed by atoms with Crippen molar-refractivity contribution in [1.82, 2.24) is 0 Å². The van der Waals surface area contributed by atoms with E-state index < -0.39 is 11.0 Å². The first-order valence-corrected chi connectivity index (χ1v) is 7.27. The van der Waals surface area contributed by atoms with E-state index in [1.807, 2.05) is 20.8 Å². The predicted octanol–water partition coefficient (Wildman–Crippen LogP) is 3.70. The van der Waals surface area contributed by atoms with Gasteiger partial charge >= 0.3 is 5.97 Å². The molecule has 0 saturated carbocycles. The van der Waals surface area contributed by atoms with Crippen LogP contribution in [0.4, 0.5) is 0 Å². The highest BCUT2D eigenvalue weighted by Gasteiger charge is 2.44. The summed E-state index contributed by atoms with van der Waals surface area (Å²) in [5.74, 6) is -0.0933. The highest BCUT2D eigenvalue weighted by molar-refractivity contribution is 5.76. The van der Waals surface area contributed by atoms with Crippen LogP contribution < -0.4 is 0 Å². The van der Waals surface area contributed by atoms with Crippen LogP contribution in [0.5, 0.6) is 0 Å². The second kappa shape index (κ2) is 6.05. The summed E-state index contributed by atoms with van der Waals surface area (Å²) in [6.45, 7) is 10.9. The van der Waals surface area contributed by atoms with Gasteiger partial charge in [-0.2, -0.15) is 0 Å². The van der Waals surface area contributed by atoms with Crippen molar-refractivity contribution in [3.8, 4) is 0 Å². The summed E-state index contributed by atoms with van der Waals surface area (Å²) in [7, 11) is 0. The van der Waals surface area contributed by atoms with E-state index in [0.717, 1.165) is 38.7 Å². The first-order valence-electron chi connectivity index (χ1n) is 7.27. The smallest absolute Gasteiger partial charge is 0.312 e. The number of rotatable bonds is 6. The van der Waals surface area contributed by atoms with Gasteiger partial charge < -0.3 is 9.47 Å². The van der Waals surface area contributed by atoms with Gasteiger partial charge in [0.1, 0.15) is 5.60 Å². The predicted molar refractivity (Wildman–Crippen MR) is 72.5 cm³/mol. The molecule has 1 aliphatic rings. The van der Waals surface area contributed by atoms with Crippen LogP contribution in [0.1, 0.15) is 66.7 Å². The minimum atomic E-state index is -0.431. The third-order valence-electron chi connectivity index (χ3n) is 4.45.